The molecule has 0 saturated heterocycles. The highest BCUT2D eigenvalue weighted by Crippen LogP contribution is 2.34. The smallest absolute Gasteiger partial charge is 0.207 e. The Labute approximate surface area is 140 Å². The maximum atomic E-state index is 10.2. The van der Waals surface area contributed by atoms with Crippen LogP contribution in [0, 0.1) is 5.92 Å². The number of aliphatic hydroxyl groups excluding tert-OH is 1. The molecule has 2 unspecified atom stereocenters. The van der Waals surface area contributed by atoms with Gasteiger partial charge in [-0.15, -0.1) is 0 Å². The van der Waals surface area contributed by atoms with E-state index in [0.29, 0.717) is 6.04 Å². The number of unbranched alkanes of at least 4 members (excludes halogenated alkanes) is 1. The molecule has 3 nitrogen and oxygen atoms in total. The standard InChI is InChI=1S/C14H19NO.C6H12O/c16-11-15-14-10-13(14)9-5-4-8-12-6-2-1-3-7-12;7-6-4-2-1-3-5-6/h1-3,6-7,11,13-14H,4-5,8-10H2,(H,15,16);6-7H,1-5H2. The Kier molecular flexibility index (Phi) is 8.16. The molecule has 2 aliphatic rings. The van der Waals surface area contributed by atoms with E-state index in [9.17, 15) is 4.79 Å². The lowest BCUT2D eigenvalue weighted by molar-refractivity contribution is -0.109. The summed E-state index contributed by atoms with van der Waals surface area (Å²) in [5, 5.41) is 11.8. The fourth-order valence-corrected chi connectivity index (χ4v) is 3.32. The fraction of sp³-hybridized carbons (Fsp3) is 0.650. The zero-order chi connectivity index (χ0) is 16.3. The summed E-state index contributed by atoms with van der Waals surface area (Å²) >= 11 is 0. The molecule has 0 aliphatic heterocycles. The molecule has 1 aromatic rings. The highest BCUT2D eigenvalue weighted by atomic mass is 16.3. The predicted octanol–water partition coefficient (Wildman–Crippen LogP) is 3.85. The Morgan fingerprint density at radius 3 is 2.43 bits per heavy atom. The van der Waals surface area contributed by atoms with Gasteiger partial charge in [0.05, 0.1) is 6.10 Å². The molecule has 2 aliphatic carbocycles. The van der Waals surface area contributed by atoms with Crippen molar-refractivity contribution in [3.05, 3.63) is 35.9 Å². The summed E-state index contributed by atoms with van der Waals surface area (Å²) in [4.78, 5) is 10.2. The third-order valence-electron chi connectivity index (χ3n) is 4.91. The van der Waals surface area contributed by atoms with Crippen molar-refractivity contribution in [3.63, 3.8) is 0 Å². The number of carbonyl (C=O) groups excluding carboxylic acids is 1. The van der Waals surface area contributed by atoms with Crippen LogP contribution in [-0.2, 0) is 11.2 Å². The van der Waals surface area contributed by atoms with Crippen LogP contribution in [0.25, 0.3) is 0 Å². The van der Waals surface area contributed by atoms with Crippen LogP contribution < -0.4 is 5.32 Å². The van der Waals surface area contributed by atoms with Gasteiger partial charge in [-0.2, -0.15) is 0 Å². The molecular formula is C20H31NO2. The van der Waals surface area contributed by atoms with Crippen LogP contribution in [0.1, 0.15) is 63.4 Å². The van der Waals surface area contributed by atoms with Gasteiger partial charge in [-0.05, 0) is 50.0 Å². The maximum absolute atomic E-state index is 10.2. The van der Waals surface area contributed by atoms with Crippen molar-refractivity contribution in [2.45, 2.75) is 76.4 Å². The first kappa shape index (κ1) is 18.0. The molecule has 0 radical (unpaired) electrons. The van der Waals surface area contributed by atoms with Gasteiger partial charge in [0.25, 0.3) is 0 Å². The van der Waals surface area contributed by atoms with Crippen LogP contribution in [0.3, 0.4) is 0 Å². The number of nitrogens with one attached hydrogen (secondary N) is 1. The maximum Gasteiger partial charge on any atom is 0.207 e. The first-order chi connectivity index (χ1) is 11.3. The second-order valence-corrected chi connectivity index (χ2v) is 6.91. The van der Waals surface area contributed by atoms with Gasteiger partial charge in [0.2, 0.25) is 6.41 Å². The minimum absolute atomic E-state index is 0.0359. The molecule has 2 N–H and O–H groups in total. The van der Waals surface area contributed by atoms with Crippen LogP contribution in [0.5, 0.6) is 0 Å². The van der Waals surface area contributed by atoms with Crippen molar-refractivity contribution in [1.29, 1.82) is 0 Å². The van der Waals surface area contributed by atoms with Gasteiger partial charge >= 0.3 is 0 Å². The molecule has 0 heterocycles. The number of hydrogen-bond donors (Lipinski definition) is 2. The number of amides is 1. The van der Waals surface area contributed by atoms with Crippen LogP contribution in [0.2, 0.25) is 0 Å². The van der Waals surface area contributed by atoms with Gasteiger partial charge in [-0.1, -0.05) is 56.0 Å². The Morgan fingerprint density at radius 1 is 1.09 bits per heavy atom. The molecule has 2 atom stereocenters. The van der Waals surface area contributed by atoms with Gasteiger partial charge < -0.3 is 10.4 Å². The van der Waals surface area contributed by atoms with Crippen molar-refractivity contribution >= 4 is 6.41 Å². The average Bonchev–Trinajstić information content (AvgIpc) is 3.32. The van der Waals surface area contributed by atoms with E-state index in [0.717, 1.165) is 25.2 Å². The van der Waals surface area contributed by atoms with E-state index in [1.165, 1.54) is 56.9 Å². The molecule has 1 amide bonds. The van der Waals surface area contributed by atoms with Crippen molar-refractivity contribution in [3.8, 4) is 0 Å². The van der Waals surface area contributed by atoms with Crippen LogP contribution in [0.15, 0.2) is 30.3 Å². The number of aryl methyl sites for hydroxylation is 1. The first-order valence-electron chi connectivity index (χ1n) is 9.21. The van der Waals surface area contributed by atoms with Gasteiger partial charge in [0, 0.05) is 6.04 Å². The molecule has 128 valence electrons. The van der Waals surface area contributed by atoms with E-state index < -0.39 is 0 Å². The highest BCUT2D eigenvalue weighted by Gasteiger charge is 2.35. The molecular weight excluding hydrogens is 286 g/mol. The minimum Gasteiger partial charge on any atom is -0.393 e. The molecule has 2 saturated carbocycles. The molecule has 1 aromatic carbocycles. The summed E-state index contributed by atoms with van der Waals surface area (Å²) in [5.74, 6) is 0.751. The number of carbonyl (C=O) groups is 1. The van der Waals surface area contributed by atoms with Gasteiger partial charge in [-0.25, -0.2) is 0 Å². The third kappa shape index (κ3) is 7.65. The summed E-state index contributed by atoms with van der Waals surface area (Å²) in [6.45, 7) is 0. The van der Waals surface area contributed by atoms with Gasteiger partial charge in [0.1, 0.15) is 0 Å². The van der Waals surface area contributed by atoms with Crippen LogP contribution in [0.4, 0.5) is 0 Å². The molecule has 0 bridgehead atoms. The second kappa shape index (κ2) is 10.4. The molecule has 0 spiro atoms. The minimum atomic E-state index is 0.0359. The Hall–Kier alpha value is -1.35. The van der Waals surface area contributed by atoms with Gasteiger partial charge in [0.15, 0.2) is 0 Å². The molecule has 2 fully saturated rings. The summed E-state index contributed by atoms with van der Waals surface area (Å²) in [6.07, 6.45) is 12.9. The lowest BCUT2D eigenvalue weighted by Crippen LogP contribution is -2.15. The first-order valence-corrected chi connectivity index (χ1v) is 9.21. The van der Waals surface area contributed by atoms with E-state index in [-0.39, 0.29) is 6.10 Å². The van der Waals surface area contributed by atoms with E-state index in [4.69, 9.17) is 5.11 Å². The number of benzene rings is 1. The quantitative estimate of drug-likeness (QED) is 0.593. The van der Waals surface area contributed by atoms with Crippen LogP contribution in [-0.4, -0.2) is 23.7 Å². The Balaban J connectivity index is 0.000000229. The van der Waals surface area contributed by atoms with Crippen molar-refractivity contribution in [2.75, 3.05) is 0 Å². The average molecular weight is 317 g/mol. The van der Waals surface area contributed by atoms with Crippen molar-refractivity contribution < 1.29 is 9.90 Å². The lowest BCUT2D eigenvalue weighted by atomic mass is 9.98. The van der Waals surface area contributed by atoms with Crippen LogP contribution >= 0.6 is 0 Å². The van der Waals surface area contributed by atoms with Crippen molar-refractivity contribution in [1.82, 2.24) is 5.32 Å². The molecule has 0 aromatic heterocycles. The molecule has 3 heteroatoms. The SMILES string of the molecule is O=CNC1CC1CCCCc1ccccc1.OC1CCCCC1. The predicted molar refractivity (Wildman–Crippen MR) is 94.2 cm³/mol. The number of rotatable bonds is 7. The second-order valence-electron chi connectivity index (χ2n) is 6.91. The van der Waals surface area contributed by atoms with E-state index in [1.54, 1.807) is 0 Å². The summed E-state index contributed by atoms with van der Waals surface area (Å²) in [6, 6.07) is 11.1. The number of hydrogen-bond acceptors (Lipinski definition) is 2. The molecule has 3 rings (SSSR count). The monoisotopic (exact) mass is 317 g/mol. The fourth-order valence-electron chi connectivity index (χ4n) is 3.32. The highest BCUT2D eigenvalue weighted by molar-refractivity contribution is 5.47. The zero-order valence-electron chi connectivity index (χ0n) is 14.1. The van der Waals surface area contributed by atoms with E-state index in [2.05, 4.69) is 35.6 Å². The largest absolute Gasteiger partial charge is 0.393 e. The normalized spacial score (nSPS) is 23.5. The Bertz CT molecular complexity index is 429. The summed E-state index contributed by atoms with van der Waals surface area (Å²) in [7, 11) is 0. The summed E-state index contributed by atoms with van der Waals surface area (Å²) in [5.41, 5.74) is 1.43. The number of aliphatic hydroxyl groups is 1. The van der Waals surface area contributed by atoms with Gasteiger partial charge in [-0.3, -0.25) is 4.79 Å². The zero-order valence-corrected chi connectivity index (χ0v) is 14.1. The van der Waals surface area contributed by atoms with Crippen molar-refractivity contribution in [2.24, 2.45) is 5.92 Å². The van der Waals surface area contributed by atoms with E-state index >= 15 is 0 Å². The summed E-state index contributed by atoms with van der Waals surface area (Å²) < 4.78 is 0. The molecule has 23 heavy (non-hydrogen) atoms. The van der Waals surface area contributed by atoms with E-state index in [1.807, 2.05) is 0 Å². The lowest BCUT2D eigenvalue weighted by Gasteiger charge is -2.14. The topological polar surface area (TPSA) is 49.3 Å². The third-order valence-corrected chi connectivity index (χ3v) is 4.91. The Morgan fingerprint density at radius 2 is 1.83 bits per heavy atom.